The van der Waals surface area contributed by atoms with E-state index in [2.05, 4.69) is 34.7 Å². The molecule has 2 aromatic rings. The largest absolute Gasteiger partial charge is 0.487 e. The van der Waals surface area contributed by atoms with Crippen molar-refractivity contribution in [3.05, 3.63) is 34.4 Å². The van der Waals surface area contributed by atoms with Crippen LogP contribution in [0.5, 0.6) is 5.75 Å². The first kappa shape index (κ1) is 15.8. The fraction of sp³-hybridized carbons (Fsp3) is 0.444. The maximum absolute atomic E-state index is 5.99. The number of hydrogen-bond acceptors (Lipinski definition) is 5. The van der Waals surface area contributed by atoms with E-state index in [-0.39, 0.29) is 5.41 Å². The molecule has 4 rings (SSSR count). The molecule has 24 heavy (non-hydrogen) atoms. The third kappa shape index (κ3) is 2.78. The summed E-state index contributed by atoms with van der Waals surface area (Å²) in [5.41, 5.74) is 1.90. The van der Waals surface area contributed by atoms with E-state index in [1.54, 1.807) is 0 Å². The van der Waals surface area contributed by atoms with Crippen LogP contribution in [0.2, 0.25) is 0 Å². The molecule has 1 fully saturated rings. The lowest BCUT2D eigenvalue weighted by molar-refractivity contribution is 0.122. The molecule has 5 nitrogen and oxygen atoms in total. The molecular formula is C18H20BrN3O2. The number of anilines is 1. The monoisotopic (exact) mass is 389 g/mol. The van der Waals surface area contributed by atoms with E-state index >= 15 is 0 Å². The van der Waals surface area contributed by atoms with Gasteiger partial charge in [-0.2, -0.15) is 0 Å². The number of fused-ring (bicyclic) bond motifs is 1. The van der Waals surface area contributed by atoms with Crippen LogP contribution >= 0.6 is 15.9 Å². The number of rotatable bonds is 2. The van der Waals surface area contributed by atoms with Crippen molar-refractivity contribution >= 4 is 21.7 Å². The Morgan fingerprint density at radius 2 is 1.79 bits per heavy atom. The minimum Gasteiger partial charge on any atom is -0.487 e. The van der Waals surface area contributed by atoms with Crippen LogP contribution in [0.3, 0.4) is 0 Å². The van der Waals surface area contributed by atoms with E-state index in [4.69, 9.17) is 19.4 Å². The summed E-state index contributed by atoms with van der Waals surface area (Å²) >= 11 is 3.48. The van der Waals surface area contributed by atoms with Crippen LogP contribution in [-0.4, -0.2) is 42.9 Å². The number of hydrogen-bond donors (Lipinski definition) is 0. The number of morpholine rings is 1. The molecule has 6 heteroatoms. The van der Waals surface area contributed by atoms with E-state index in [1.807, 2.05) is 24.3 Å². The normalized spacial score (nSPS) is 19.0. The third-order valence-electron chi connectivity index (χ3n) is 4.48. The zero-order chi connectivity index (χ0) is 16.7. The van der Waals surface area contributed by atoms with Gasteiger partial charge in [-0.05, 0) is 12.1 Å². The molecule has 2 aliphatic heterocycles. The van der Waals surface area contributed by atoms with Gasteiger partial charge >= 0.3 is 0 Å². The summed E-state index contributed by atoms with van der Waals surface area (Å²) in [6.45, 7) is 8.06. The Balaban J connectivity index is 1.85. The lowest BCUT2D eigenvalue weighted by atomic mass is 9.91. The molecule has 0 bridgehead atoms. The molecule has 2 aliphatic rings. The highest BCUT2D eigenvalue weighted by Crippen LogP contribution is 2.43. The van der Waals surface area contributed by atoms with Gasteiger partial charge in [0.1, 0.15) is 0 Å². The zero-order valence-electron chi connectivity index (χ0n) is 13.9. The minimum atomic E-state index is -0.108. The molecular weight excluding hydrogens is 370 g/mol. The molecule has 1 saturated heterocycles. The zero-order valence-corrected chi connectivity index (χ0v) is 15.5. The number of aromatic nitrogens is 2. The summed E-state index contributed by atoms with van der Waals surface area (Å²) in [4.78, 5) is 11.9. The van der Waals surface area contributed by atoms with Crippen LogP contribution in [0, 0.1) is 0 Å². The number of benzene rings is 1. The minimum absolute atomic E-state index is 0.108. The first-order valence-corrected chi connectivity index (χ1v) is 8.98. The Hall–Kier alpha value is -1.66. The molecule has 0 radical (unpaired) electrons. The second-order valence-electron chi connectivity index (χ2n) is 6.83. The quantitative estimate of drug-likeness (QED) is 0.787. The first-order chi connectivity index (χ1) is 11.5. The summed E-state index contributed by atoms with van der Waals surface area (Å²) in [6.07, 6.45) is 0. The van der Waals surface area contributed by atoms with Crippen molar-refractivity contribution < 1.29 is 9.47 Å². The van der Waals surface area contributed by atoms with Crippen LogP contribution in [0.1, 0.15) is 19.5 Å². The summed E-state index contributed by atoms with van der Waals surface area (Å²) in [5, 5.41) is 0. The second-order valence-corrected chi connectivity index (χ2v) is 7.74. The van der Waals surface area contributed by atoms with E-state index in [1.165, 1.54) is 0 Å². The van der Waals surface area contributed by atoms with E-state index in [0.717, 1.165) is 59.4 Å². The lowest BCUT2D eigenvalue weighted by Gasteiger charge is -2.29. The maximum atomic E-state index is 5.99. The Bertz CT molecular complexity index is 756. The highest BCUT2D eigenvalue weighted by Gasteiger charge is 2.38. The highest BCUT2D eigenvalue weighted by molar-refractivity contribution is 9.10. The standard InChI is InChI=1S/C18H20BrN3O2/c1-18(2)11-24-14-15(18)20-16(12-3-5-13(19)6-4-12)21-17(14)22-7-9-23-10-8-22/h3-6H,7-11H2,1-2H3. The van der Waals surface area contributed by atoms with Crippen LogP contribution in [0.4, 0.5) is 5.82 Å². The summed E-state index contributed by atoms with van der Waals surface area (Å²) in [6, 6.07) is 8.11. The van der Waals surface area contributed by atoms with E-state index in [0.29, 0.717) is 6.61 Å². The molecule has 0 saturated carbocycles. The van der Waals surface area contributed by atoms with Gasteiger partial charge in [0.25, 0.3) is 0 Å². The van der Waals surface area contributed by atoms with Gasteiger partial charge in [-0.3, -0.25) is 0 Å². The number of nitrogens with zero attached hydrogens (tertiary/aromatic N) is 3. The van der Waals surface area contributed by atoms with Crippen molar-refractivity contribution in [2.75, 3.05) is 37.8 Å². The fourth-order valence-corrected chi connectivity index (χ4v) is 3.33. The predicted molar refractivity (Wildman–Crippen MR) is 96.7 cm³/mol. The van der Waals surface area contributed by atoms with Crippen molar-refractivity contribution in [2.45, 2.75) is 19.3 Å². The number of halogens is 1. The first-order valence-electron chi connectivity index (χ1n) is 8.18. The van der Waals surface area contributed by atoms with Crippen molar-refractivity contribution in [1.29, 1.82) is 0 Å². The Kier molecular flexibility index (Phi) is 3.96. The predicted octanol–water partition coefficient (Wildman–Crippen LogP) is 3.41. The molecule has 126 valence electrons. The molecule has 0 amide bonds. The molecule has 1 aromatic heterocycles. The lowest BCUT2D eigenvalue weighted by Crippen LogP contribution is -2.37. The topological polar surface area (TPSA) is 47.5 Å². The Morgan fingerprint density at radius 3 is 2.50 bits per heavy atom. The molecule has 1 aromatic carbocycles. The molecule has 0 spiro atoms. The van der Waals surface area contributed by atoms with Crippen LogP contribution in [-0.2, 0) is 10.2 Å². The fourth-order valence-electron chi connectivity index (χ4n) is 3.07. The summed E-state index contributed by atoms with van der Waals surface area (Å²) < 4.78 is 12.5. The van der Waals surface area contributed by atoms with Crippen LogP contribution in [0.25, 0.3) is 11.4 Å². The van der Waals surface area contributed by atoms with E-state index in [9.17, 15) is 0 Å². The molecule has 0 N–H and O–H groups in total. The van der Waals surface area contributed by atoms with Gasteiger partial charge in [-0.25, -0.2) is 9.97 Å². The Morgan fingerprint density at radius 1 is 1.08 bits per heavy atom. The van der Waals surface area contributed by atoms with Gasteiger partial charge in [-0.15, -0.1) is 0 Å². The van der Waals surface area contributed by atoms with Gasteiger partial charge in [0.2, 0.25) is 0 Å². The second kappa shape index (κ2) is 6.01. The van der Waals surface area contributed by atoms with Gasteiger partial charge in [0, 0.05) is 28.5 Å². The van der Waals surface area contributed by atoms with Gasteiger partial charge in [0.15, 0.2) is 17.4 Å². The number of ether oxygens (including phenoxy) is 2. The van der Waals surface area contributed by atoms with Gasteiger partial charge in [0.05, 0.1) is 25.5 Å². The van der Waals surface area contributed by atoms with Crippen LogP contribution < -0.4 is 9.64 Å². The van der Waals surface area contributed by atoms with Crippen molar-refractivity contribution in [3.63, 3.8) is 0 Å². The average Bonchev–Trinajstić information content (AvgIpc) is 2.91. The molecule has 0 atom stereocenters. The van der Waals surface area contributed by atoms with Crippen molar-refractivity contribution in [1.82, 2.24) is 9.97 Å². The SMILES string of the molecule is CC1(C)COc2c(N3CCOCC3)nc(-c3ccc(Br)cc3)nc21. The molecule has 0 aliphatic carbocycles. The van der Waals surface area contributed by atoms with Crippen molar-refractivity contribution in [3.8, 4) is 17.1 Å². The maximum Gasteiger partial charge on any atom is 0.184 e. The van der Waals surface area contributed by atoms with Crippen LogP contribution in [0.15, 0.2) is 28.7 Å². The van der Waals surface area contributed by atoms with Crippen molar-refractivity contribution in [2.24, 2.45) is 0 Å². The Labute approximate surface area is 150 Å². The summed E-state index contributed by atoms with van der Waals surface area (Å²) in [7, 11) is 0. The van der Waals surface area contributed by atoms with E-state index < -0.39 is 0 Å². The summed E-state index contributed by atoms with van der Waals surface area (Å²) in [5.74, 6) is 2.48. The smallest absolute Gasteiger partial charge is 0.184 e. The van der Waals surface area contributed by atoms with Gasteiger partial charge < -0.3 is 14.4 Å². The highest BCUT2D eigenvalue weighted by atomic mass is 79.9. The third-order valence-corrected chi connectivity index (χ3v) is 5.01. The van der Waals surface area contributed by atoms with Gasteiger partial charge in [-0.1, -0.05) is 41.9 Å². The average molecular weight is 390 g/mol. The molecule has 3 heterocycles. The molecule has 0 unspecified atom stereocenters.